The van der Waals surface area contributed by atoms with Crippen molar-refractivity contribution in [2.24, 2.45) is 0 Å². The fourth-order valence-electron chi connectivity index (χ4n) is 2.14. The summed E-state index contributed by atoms with van der Waals surface area (Å²) < 4.78 is 8.35. The van der Waals surface area contributed by atoms with Gasteiger partial charge in [0.2, 0.25) is 5.91 Å². The number of carbonyl (C=O) groups is 1. The van der Waals surface area contributed by atoms with Crippen LogP contribution in [0, 0.1) is 6.92 Å². The second kappa shape index (κ2) is 6.89. The summed E-state index contributed by atoms with van der Waals surface area (Å²) in [5.41, 5.74) is 2.77. The molecule has 1 aromatic heterocycles. The lowest BCUT2D eigenvalue weighted by atomic mass is 10.1. The van der Waals surface area contributed by atoms with Crippen molar-refractivity contribution in [2.75, 3.05) is 11.1 Å². The highest BCUT2D eigenvalue weighted by atomic mass is 32.2. The highest BCUT2D eigenvalue weighted by molar-refractivity contribution is 7.99. The number of thioether (sulfide) groups is 1. The maximum atomic E-state index is 12.1. The van der Waals surface area contributed by atoms with Gasteiger partial charge in [-0.2, -0.15) is 8.75 Å². The molecule has 112 valence electrons. The summed E-state index contributed by atoms with van der Waals surface area (Å²) in [5.74, 6) is 1.12. The predicted octanol–water partition coefficient (Wildman–Crippen LogP) is 3.87. The van der Waals surface area contributed by atoms with Crippen LogP contribution in [0.5, 0.6) is 0 Å². The molecule has 2 aromatic carbocycles. The minimum atomic E-state index is 0.00203. The molecule has 0 bridgehead atoms. The lowest BCUT2D eigenvalue weighted by Gasteiger charge is -2.08. The van der Waals surface area contributed by atoms with Crippen LogP contribution in [0.25, 0.3) is 10.8 Å². The first-order valence-corrected chi connectivity index (χ1v) is 8.76. The number of carbonyl (C=O) groups excluding carboxylic acids is 1. The summed E-state index contributed by atoms with van der Waals surface area (Å²) in [7, 11) is 0. The molecule has 0 aliphatic rings. The molecule has 0 fully saturated rings. The molecule has 0 aliphatic carbocycles. The van der Waals surface area contributed by atoms with Crippen LogP contribution in [-0.4, -0.2) is 20.4 Å². The first-order valence-electron chi connectivity index (χ1n) is 6.87. The number of aromatic nitrogens is 2. The maximum Gasteiger partial charge on any atom is 0.234 e. The number of amides is 1. The van der Waals surface area contributed by atoms with Crippen LogP contribution in [-0.2, 0) is 10.5 Å². The van der Waals surface area contributed by atoms with Crippen LogP contribution in [0.4, 0.5) is 5.69 Å². The van der Waals surface area contributed by atoms with Crippen LogP contribution >= 0.6 is 23.5 Å². The summed E-state index contributed by atoms with van der Waals surface area (Å²) in [6, 6.07) is 13.9. The zero-order valence-corrected chi connectivity index (χ0v) is 13.7. The van der Waals surface area contributed by atoms with E-state index in [1.165, 1.54) is 11.7 Å². The van der Waals surface area contributed by atoms with Crippen molar-refractivity contribution >= 4 is 45.9 Å². The van der Waals surface area contributed by atoms with Gasteiger partial charge >= 0.3 is 0 Å². The number of nitrogens with zero attached hydrogens (tertiary/aromatic N) is 2. The molecular weight excluding hydrogens is 314 g/mol. The molecular formula is C16H15N3OS2. The number of aryl methyl sites for hydroxylation is 1. The van der Waals surface area contributed by atoms with Crippen LogP contribution in [0.2, 0.25) is 0 Å². The van der Waals surface area contributed by atoms with Gasteiger partial charge in [-0.3, -0.25) is 4.79 Å². The van der Waals surface area contributed by atoms with E-state index in [-0.39, 0.29) is 5.91 Å². The third kappa shape index (κ3) is 3.45. The number of hydrogen-bond acceptors (Lipinski definition) is 5. The summed E-state index contributed by atoms with van der Waals surface area (Å²) >= 11 is 2.77. The SMILES string of the molecule is Cc1nsnc1CSCC(=O)Nc1cccc2ccccc12. The van der Waals surface area contributed by atoms with E-state index in [0.29, 0.717) is 11.5 Å². The van der Waals surface area contributed by atoms with Gasteiger partial charge in [0.25, 0.3) is 0 Å². The number of fused-ring (bicyclic) bond motifs is 1. The monoisotopic (exact) mass is 329 g/mol. The van der Waals surface area contributed by atoms with Crippen molar-refractivity contribution < 1.29 is 4.79 Å². The van der Waals surface area contributed by atoms with Gasteiger partial charge in [0.1, 0.15) is 0 Å². The number of hydrogen-bond donors (Lipinski definition) is 1. The molecule has 6 heteroatoms. The van der Waals surface area contributed by atoms with Crippen molar-refractivity contribution in [2.45, 2.75) is 12.7 Å². The van der Waals surface area contributed by atoms with Gasteiger partial charge in [-0.05, 0) is 18.4 Å². The Hall–Kier alpha value is -1.92. The van der Waals surface area contributed by atoms with Crippen molar-refractivity contribution in [3.05, 3.63) is 53.9 Å². The summed E-state index contributed by atoms with van der Waals surface area (Å²) in [4.78, 5) is 12.1. The molecule has 22 heavy (non-hydrogen) atoms. The van der Waals surface area contributed by atoms with Gasteiger partial charge < -0.3 is 5.32 Å². The molecule has 0 radical (unpaired) electrons. The van der Waals surface area contributed by atoms with E-state index in [2.05, 4.69) is 14.1 Å². The summed E-state index contributed by atoms with van der Waals surface area (Å²) in [5, 5.41) is 5.17. The molecule has 0 saturated carbocycles. The molecule has 0 aliphatic heterocycles. The van der Waals surface area contributed by atoms with Crippen molar-refractivity contribution in [3.63, 3.8) is 0 Å². The molecule has 0 unspecified atom stereocenters. The molecule has 1 heterocycles. The van der Waals surface area contributed by atoms with Gasteiger partial charge in [0.05, 0.1) is 28.9 Å². The van der Waals surface area contributed by atoms with Gasteiger partial charge in [-0.15, -0.1) is 11.8 Å². The van der Waals surface area contributed by atoms with Crippen LogP contribution in [0.15, 0.2) is 42.5 Å². The third-order valence-electron chi connectivity index (χ3n) is 3.28. The van der Waals surface area contributed by atoms with Crippen molar-refractivity contribution in [1.29, 1.82) is 0 Å². The van der Waals surface area contributed by atoms with Crippen LogP contribution < -0.4 is 5.32 Å². The van der Waals surface area contributed by atoms with Gasteiger partial charge in [0, 0.05) is 16.8 Å². The Bertz CT molecular complexity index is 795. The molecule has 3 rings (SSSR count). The Morgan fingerprint density at radius 1 is 1.18 bits per heavy atom. The number of nitrogens with one attached hydrogen (secondary N) is 1. The molecule has 1 N–H and O–H groups in total. The molecule has 0 spiro atoms. The third-order valence-corrected chi connectivity index (χ3v) is 4.88. The maximum absolute atomic E-state index is 12.1. The number of benzene rings is 2. The van der Waals surface area contributed by atoms with Crippen LogP contribution in [0.1, 0.15) is 11.4 Å². The molecule has 1 amide bonds. The van der Waals surface area contributed by atoms with E-state index in [1.54, 1.807) is 11.8 Å². The normalized spacial score (nSPS) is 10.8. The standard InChI is InChI=1S/C16H15N3OS2/c1-11-15(19-22-18-11)9-21-10-16(20)17-14-8-4-6-12-5-2-3-7-13(12)14/h2-8H,9-10H2,1H3,(H,17,20). The lowest BCUT2D eigenvalue weighted by Crippen LogP contribution is -2.14. The van der Waals surface area contributed by atoms with E-state index >= 15 is 0 Å². The quantitative estimate of drug-likeness (QED) is 0.772. The Labute approximate surface area is 137 Å². The highest BCUT2D eigenvalue weighted by Gasteiger charge is 2.08. The zero-order chi connectivity index (χ0) is 15.4. The second-order valence-electron chi connectivity index (χ2n) is 4.86. The van der Waals surface area contributed by atoms with E-state index in [9.17, 15) is 4.79 Å². The van der Waals surface area contributed by atoms with Crippen molar-refractivity contribution in [3.8, 4) is 0 Å². The Morgan fingerprint density at radius 3 is 2.82 bits per heavy atom. The van der Waals surface area contributed by atoms with E-state index in [0.717, 1.165) is 27.8 Å². The summed E-state index contributed by atoms with van der Waals surface area (Å²) in [6.07, 6.45) is 0. The average Bonchev–Trinajstić information content (AvgIpc) is 2.93. The minimum absolute atomic E-state index is 0.00203. The Balaban J connectivity index is 1.60. The number of rotatable bonds is 5. The Morgan fingerprint density at radius 2 is 2.00 bits per heavy atom. The van der Waals surface area contributed by atoms with E-state index < -0.39 is 0 Å². The molecule has 3 aromatic rings. The highest BCUT2D eigenvalue weighted by Crippen LogP contribution is 2.23. The fraction of sp³-hybridized carbons (Fsp3) is 0.188. The van der Waals surface area contributed by atoms with E-state index in [4.69, 9.17) is 0 Å². The average molecular weight is 329 g/mol. The van der Waals surface area contributed by atoms with Gasteiger partial charge in [-0.1, -0.05) is 36.4 Å². The van der Waals surface area contributed by atoms with Gasteiger partial charge in [-0.25, -0.2) is 0 Å². The first kappa shape index (κ1) is 15.0. The minimum Gasteiger partial charge on any atom is -0.325 e. The smallest absolute Gasteiger partial charge is 0.234 e. The molecule has 0 atom stereocenters. The predicted molar refractivity (Wildman–Crippen MR) is 93.4 cm³/mol. The van der Waals surface area contributed by atoms with Gasteiger partial charge in [0.15, 0.2) is 0 Å². The summed E-state index contributed by atoms with van der Waals surface area (Å²) in [6.45, 7) is 1.94. The van der Waals surface area contributed by atoms with E-state index in [1.807, 2.05) is 49.4 Å². The molecule has 0 saturated heterocycles. The van der Waals surface area contributed by atoms with Crippen molar-refractivity contribution in [1.82, 2.24) is 8.75 Å². The topological polar surface area (TPSA) is 54.9 Å². The lowest BCUT2D eigenvalue weighted by molar-refractivity contribution is -0.113. The fourth-order valence-corrected chi connectivity index (χ4v) is 3.61. The number of anilines is 1. The zero-order valence-electron chi connectivity index (χ0n) is 12.1. The molecule has 4 nitrogen and oxygen atoms in total. The largest absolute Gasteiger partial charge is 0.325 e. The van der Waals surface area contributed by atoms with Crippen LogP contribution in [0.3, 0.4) is 0 Å². The Kier molecular flexibility index (Phi) is 4.70. The second-order valence-corrected chi connectivity index (χ2v) is 6.38. The first-order chi connectivity index (χ1) is 10.7.